The zero-order chi connectivity index (χ0) is 15.4. The fourth-order valence-electron chi connectivity index (χ4n) is 1.73. The quantitative estimate of drug-likeness (QED) is 0.568. The summed E-state index contributed by atoms with van der Waals surface area (Å²) in [7, 11) is 1.49. The van der Waals surface area contributed by atoms with E-state index < -0.39 is 5.91 Å². The number of methoxy groups -OCH3 is 1. The van der Waals surface area contributed by atoms with Crippen LogP contribution in [0.15, 0.2) is 18.3 Å². The molecule has 1 amide bonds. The molecule has 4 N–H and O–H groups in total. The smallest absolute Gasteiger partial charge is 0.261 e. The number of nitrogens with zero attached hydrogens (tertiary/aromatic N) is 3. The van der Waals surface area contributed by atoms with Crippen molar-refractivity contribution in [3.8, 4) is 5.88 Å². The van der Waals surface area contributed by atoms with Crippen molar-refractivity contribution in [2.24, 2.45) is 5.84 Å². The molecule has 2 heterocycles. The second-order valence-corrected chi connectivity index (χ2v) is 4.35. The number of hydrazine groups is 1. The highest BCUT2D eigenvalue weighted by Crippen LogP contribution is 2.17. The van der Waals surface area contributed by atoms with Crippen molar-refractivity contribution in [2.75, 3.05) is 17.9 Å². The number of hydrogen-bond donors (Lipinski definition) is 3. The standard InChI is InChI=1S/C13H16N6O2/c1-7-4-10(19-14)9(6-15-7)12(20)18-13-16-8(2)5-11(17-13)21-3/h4-6H,14H2,1-3H3,(H,15,19)(H,16,17,18,20). The van der Waals surface area contributed by atoms with Crippen LogP contribution < -0.4 is 21.3 Å². The Morgan fingerprint density at radius 3 is 2.67 bits per heavy atom. The van der Waals surface area contributed by atoms with E-state index in [9.17, 15) is 4.79 Å². The maximum absolute atomic E-state index is 12.2. The van der Waals surface area contributed by atoms with E-state index in [1.54, 1.807) is 26.0 Å². The van der Waals surface area contributed by atoms with Crippen LogP contribution in [0.3, 0.4) is 0 Å². The largest absolute Gasteiger partial charge is 0.481 e. The van der Waals surface area contributed by atoms with Gasteiger partial charge in [-0.25, -0.2) is 4.98 Å². The molecule has 0 bridgehead atoms. The Balaban J connectivity index is 2.28. The Morgan fingerprint density at radius 1 is 1.24 bits per heavy atom. The van der Waals surface area contributed by atoms with Crippen LogP contribution in [0.5, 0.6) is 5.88 Å². The van der Waals surface area contributed by atoms with E-state index in [4.69, 9.17) is 10.6 Å². The zero-order valence-corrected chi connectivity index (χ0v) is 12.0. The number of anilines is 2. The van der Waals surface area contributed by atoms with Gasteiger partial charge in [-0.3, -0.25) is 20.9 Å². The van der Waals surface area contributed by atoms with E-state index in [2.05, 4.69) is 25.7 Å². The first-order valence-corrected chi connectivity index (χ1v) is 6.17. The van der Waals surface area contributed by atoms with Gasteiger partial charge in [0.25, 0.3) is 5.91 Å². The van der Waals surface area contributed by atoms with E-state index in [0.29, 0.717) is 22.8 Å². The van der Waals surface area contributed by atoms with Crippen LogP contribution in [-0.2, 0) is 0 Å². The maximum Gasteiger partial charge on any atom is 0.261 e. The summed E-state index contributed by atoms with van der Waals surface area (Å²) in [6.07, 6.45) is 1.44. The third-order valence-corrected chi connectivity index (χ3v) is 2.71. The number of rotatable bonds is 4. The molecule has 8 heteroatoms. The molecule has 8 nitrogen and oxygen atoms in total. The number of pyridine rings is 1. The Hall–Kier alpha value is -2.74. The molecule has 110 valence electrons. The first-order valence-electron chi connectivity index (χ1n) is 6.17. The van der Waals surface area contributed by atoms with Gasteiger partial charge in [0.15, 0.2) is 0 Å². The molecule has 0 unspecified atom stereocenters. The average molecular weight is 288 g/mol. The number of ether oxygens (including phenoxy) is 1. The van der Waals surface area contributed by atoms with Gasteiger partial charge < -0.3 is 10.2 Å². The molecule has 0 aliphatic carbocycles. The van der Waals surface area contributed by atoms with Crippen molar-refractivity contribution in [2.45, 2.75) is 13.8 Å². The molecule has 0 aromatic carbocycles. The second-order valence-electron chi connectivity index (χ2n) is 4.35. The Kier molecular flexibility index (Phi) is 4.29. The van der Waals surface area contributed by atoms with Gasteiger partial charge in [0.2, 0.25) is 11.8 Å². The zero-order valence-electron chi connectivity index (χ0n) is 12.0. The van der Waals surface area contributed by atoms with Crippen LogP contribution >= 0.6 is 0 Å². The van der Waals surface area contributed by atoms with Crippen LogP contribution in [-0.4, -0.2) is 28.0 Å². The van der Waals surface area contributed by atoms with E-state index in [1.807, 2.05) is 0 Å². The Morgan fingerprint density at radius 2 is 2.00 bits per heavy atom. The minimum absolute atomic E-state index is 0.153. The van der Waals surface area contributed by atoms with Crippen molar-refractivity contribution < 1.29 is 9.53 Å². The van der Waals surface area contributed by atoms with Gasteiger partial charge in [0.1, 0.15) is 0 Å². The van der Waals surface area contributed by atoms with Crippen LogP contribution in [0.25, 0.3) is 0 Å². The van der Waals surface area contributed by atoms with E-state index in [1.165, 1.54) is 13.3 Å². The predicted octanol–water partition coefficient (Wildman–Crippen LogP) is 1.03. The lowest BCUT2D eigenvalue weighted by molar-refractivity contribution is 0.102. The van der Waals surface area contributed by atoms with Crippen molar-refractivity contribution in [3.05, 3.63) is 35.3 Å². The molecule has 0 atom stereocenters. The number of nitrogens with two attached hydrogens (primary N) is 1. The van der Waals surface area contributed by atoms with E-state index in [0.717, 1.165) is 5.69 Å². The third kappa shape index (κ3) is 3.42. The van der Waals surface area contributed by atoms with E-state index in [-0.39, 0.29) is 5.95 Å². The molecule has 0 radical (unpaired) electrons. The Bertz CT molecular complexity index is 674. The van der Waals surface area contributed by atoms with E-state index >= 15 is 0 Å². The number of nitrogens with one attached hydrogen (secondary N) is 2. The monoisotopic (exact) mass is 288 g/mol. The number of aryl methyl sites for hydroxylation is 2. The van der Waals surface area contributed by atoms with Gasteiger partial charge in [-0.2, -0.15) is 4.98 Å². The van der Waals surface area contributed by atoms with Crippen molar-refractivity contribution in [1.82, 2.24) is 15.0 Å². The third-order valence-electron chi connectivity index (χ3n) is 2.71. The van der Waals surface area contributed by atoms with Gasteiger partial charge in [0, 0.05) is 23.7 Å². The number of hydrogen-bond acceptors (Lipinski definition) is 7. The van der Waals surface area contributed by atoms with Gasteiger partial charge in [-0.15, -0.1) is 0 Å². The van der Waals surface area contributed by atoms with Gasteiger partial charge in [-0.05, 0) is 19.9 Å². The maximum atomic E-state index is 12.2. The molecule has 0 aliphatic heterocycles. The fourth-order valence-corrected chi connectivity index (χ4v) is 1.73. The average Bonchev–Trinajstić information content (AvgIpc) is 2.46. The van der Waals surface area contributed by atoms with Crippen LogP contribution in [0, 0.1) is 13.8 Å². The molecular weight excluding hydrogens is 272 g/mol. The van der Waals surface area contributed by atoms with Gasteiger partial charge in [0.05, 0.1) is 18.4 Å². The van der Waals surface area contributed by atoms with Crippen LogP contribution in [0.2, 0.25) is 0 Å². The lowest BCUT2D eigenvalue weighted by Crippen LogP contribution is -2.19. The number of nitrogen functional groups attached to an aromatic ring is 1. The summed E-state index contributed by atoms with van der Waals surface area (Å²) in [5, 5.41) is 2.59. The van der Waals surface area contributed by atoms with Gasteiger partial charge in [-0.1, -0.05) is 0 Å². The normalized spacial score (nSPS) is 10.1. The lowest BCUT2D eigenvalue weighted by Gasteiger charge is -2.10. The highest BCUT2D eigenvalue weighted by Gasteiger charge is 2.14. The van der Waals surface area contributed by atoms with Crippen molar-refractivity contribution >= 4 is 17.5 Å². The molecule has 0 saturated carbocycles. The van der Waals surface area contributed by atoms with Gasteiger partial charge >= 0.3 is 0 Å². The number of aromatic nitrogens is 3. The van der Waals surface area contributed by atoms with Crippen molar-refractivity contribution in [3.63, 3.8) is 0 Å². The predicted molar refractivity (Wildman–Crippen MR) is 78.1 cm³/mol. The molecule has 21 heavy (non-hydrogen) atoms. The summed E-state index contributed by atoms with van der Waals surface area (Å²) in [4.78, 5) is 24.5. The minimum Gasteiger partial charge on any atom is -0.481 e. The molecular formula is C13H16N6O2. The molecule has 2 aromatic rings. The van der Waals surface area contributed by atoms with Crippen molar-refractivity contribution in [1.29, 1.82) is 0 Å². The molecule has 0 saturated heterocycles. The molecule has 2 rings (SSSR count). The Labute approximate surface area is 121 Å². The summed E-state index contributed by atoms with van der Waals surface area (Å²) in [5.41, 5.74) is 4.66. The number of carbonyl (C=O) groups is 1. The summed E-state index contributed by atoms with van der Waals surface area (Å²) >= 11 is 0. The summed E-state index contributed by atoms with van der Waals surface area (Å²) < 4.78 is 5.04. The SMILES string of the molecule is COc1cc(C)nc(NC(=O)c2cnc(C)cc2NN)n1. The lowest BCUT2D eigenvalue weighted by atomic mass is 10.2. The highest BCUT2D eigenvalue weighted by atomic mass is 16.5. The van der Waals surface area contributed by atoms with Crippen LogP contribution in [0.4, 0.5) is 11.6 Å². The minimum atomic E-state index is -0.414. The summed E-state index contributed by atoms with van der Waals surface area (Å²) in [5.74, 6) is 5.52. The molecule has 2 aromatic heterocycles. The van der Waals surface area contributed by atoms with Crippen LogP contribution in [0.1, 0.15) is 21.7 Å². The fraction of sp³-hybridized carbons (Fsp3) is 0.231. The first kappa shape index (κ1) is 14.7. The molecule has 0 spiro atoms. The first-order chi connectivity index (χ1) is 10.0. The molecule has 0 fully saturated rings. The number of amides is 1. The summed E-state index contributed by atoms with van der Waals surface area (Å²) in [6.45, 7) is 3.58. The molecule has 0 aliphatic rings. The highest BCUT2D eigenvalue weighted by molar-refractivity contribution is 6.07. The summed E-state index contributed by atoms with van der Waals surface area (Å²) in [6, 6.07) is 3.34. The number of carbonyl (C=O) groups excluding carboxylic acids is 1. The topological polar surface area (TPSA) is 115 Å². The second kappa shape index (κ2) is 6.14.